The van der Waals surface area contributed by atoms with Gasteiger partial charge < -0.3 is 8.37 Å². The molecular formula is C27H21ClO7S2. The lowest BCUT2D eigenvalue weighted by molar-refractivity contribution is 0.103. The molecule has 0 N–H and O–H groups in total. The van der Waals surface area contributed by atoms with E-state index in [1.54, 1.807) is 68.4 Å². The molecule has 0 fully saturated rings. The molecule has 190 valence electrons. The molecule has 0 atom stereocenters. The van der Waals surface area contributed by atoms with Crippen molar-refractivity contribution in [3.63, 3.8) is 0 Å². The summed E-state index contributed by atoms with van der Waals surface area (Å²) < 4.78 is 62.3. The van der Waals surface area contributed by atoms with Gasteiger partial charge in [0, 0.05) is 11.6 Å². The Bertz CT molecular complexity index is 1660. The van der Waals surface area contributed by atoms with Gasteiger partial charge in [-0.15, -0.1) is 0 Å². The van der Waals surface area contributed by atoms with Crippen LogP contribution in [0.1, 0.15) is 27.0 Å². The fourth-order valence-corrected chi connectivity index (χ4v) is 5.46. The molecule has 0 aliphatic rings. The number of carbonyl (C=O) groups is 1. The van der Waals surface area contributed by atoms with E-state index in [2.05, 4.69) is 0 Å². The van der Waals surface area contributed by atoms with Gasteiger partial charge >= 0.3 is 20.2 Å². The molecule has 0 bridgehead atoms. The van der Waals surface area contributed by atoms with E-state index in [4.69, 9.17) is 20.0 Å². The Morgan fingerprint density at radius 1 is 0.649 bits per heavy atom. The number of rotatable bonds is 8. The van der Waals surface area contributed by atoms with Crippen molar-refractivity contribution < 1.29 is 30.0 Å². The van der Waals surface area contributed by atoms with Gasteiger partial charge in [-0.1, -0.05) is 77.3 Å². The van der Waals surface area contributed by atoms with Crippen LogP contribution in [0.2, 0.25) is 5.02 Å². The van der Waals surface area contributed by atoms with Crippen LogP contribution in [0.5, 0.6) is 11.5 Å². The molecule has 0 amide bonds. The Kier molecular flexibility index (Phi) is 7.40. The van der Waals surface area contributed by atoms with Crippen LogP contribution in [0.25, 0.3) is 0 Å². The first kappa shape index (κ1) is 26.4. The molecule has 0 aliphatic heterocycles. The van der Waals surface area contributed by atoms with Crippen molar-refractivity contribution in [2.24, 2.45) is 0 Å². The Balaban J connectivity index is 1.80. The van der Waals surface area contributed by atoms with Crippen molar-refractivity contribution in [3.8, 4) is 11.5 Å². The number of hydrogen-bond donors (Lipinski definition) is 0. The Morgan fingerprint density at radius 3 is 1.59 bits per heavy atom. The third-order valence-corrected chi connectivity index (χ3v) is 8.13. The number of hydrogen-bond acceptors (Lipinski definition) is 7. The SMILES string of the molecule is Cc1ccc(S(=O)(=O)Oc2cc(OS(=O)(=O)c3ccc(C)cc3)c(C(=O)c3ccccc3)cc2Cl)cc1. The first-order valence-electron chi connectivity index (χ1n) is 10.9. The molecule has 4 aromatic carbocycles. The average Bonchev–Trinajstić information content (AvgIpc) is 2.86. The van der Waals surface area contributed by atoms with Crippen LogP contribution in [-0.2, 0) is 20.2 Å². The Hall–Kier alpha value is -3.66. The summed E-state index contributed by atoms with van der Waals surface area (Å²) in [6, 6.07) is 22.0. The minimum Gasteiger partial charge on any atom is -0.378 e. The lowest BCUT2D eigenvalue weighted by Crippen LogP contribution is -2.14. The molecule has 0 radical (unpaired) electrons. The van der Waals surface area contributed by atoms with Gasteiger partial charge in [-0.3, -0.25) is 4.79 Å². The number of aryl methyl sites for hydroxylation is 2. The maximum atomic E-state index is 13.2. The topological polar surface area (TPSA) is 104 Å². The second kappa shape index (κ2) is 10.4. The van der Waals surface area contributed by atoms with Crippen molar-refractivity contribution >= 4 is 37.6 Å². The molecule has 0 aromatic heterocycles. The summed E-state index contributed by atoms with van der Waals surface area (Å²) in [5.74, 6) is -1.42. The van der Waals surface area contributed by atoms with Gasteiger partial charge in [0.2, 0.25) is 0 Å². The number of ketones is 1. The summed E-state index contributed by atoms with van der Waals surface area (Å²) in [7, 11) is -8.73. The normalized spacial score (nSPS) is 11.6. The highest BCUT2D eigenvalue weighted by molar-refractivity contribution is 7.87. The molecule has 0 saturated carbocycles. The van der Waals surface area contributed by atoms with E-state index in [0.29, 0.717) is 0 Å². The van der Waals surface area contributed by atoms with E-state index >= 15 is 0 Å². The molecule has 0 heterocycles. The Labute approximate surface area is 220 Å². The van der Waals surface area contributed by atoms with Crippen LogP contribution in [0, 0.1) is 13.8 Å². The molecule has 7 nitrogen and oxygen atoms in total. The molecule has 0 saturated heterocycles. The smallest absolute Gasteiger partial charge is 0.339 e. The van der Waals surface area contributed by atoms with Crippen LogP contribution < -0.4 is 8.37 Å². The highest BCUT2D eigenvalue weighted by Crippen LogP contribution is 2.37. The van der Waals surface area contributed by atoms with Crippen molar-refractivity contribution in [1.29, 1.82) is 0 Å². The monoisotopic (exact) mass is 556 g/mol. The minimum atomic E-state index is -4.40. The van der Waals surface area contributed by atoms with Gasteiger partial charge in [0.15, 0.2) is 17.3 Å². The van der Waals surface area contributed by atoms with Gasteiger partial charge in [0.25, 0.3) is 0 Å². The lowest BCUT2D eigenvalue weighted by atomic mass is 10.0. The van der Waals surface area contributed by atoms with Crippen LogP contribution in [-0.4, -0.2) is 22.6 Å². The van der Waals surface area contributed by atoms with E-state index < -0.39 is 37.5 Å². The number of carbonyl (C=O) groups excluding carboxylic acids is 1. The fraction of sp³-hybridized carbons (Fsp3) is 0.0741. The summed E-state index contributed by atoms with van der Waals surface area (Å²) in [5, 5.41) is -0.227. The second-order valence-electron chi connectivity index (χ2n) is 8.17. The van der Waals surface area contributed by atoms with Crippen molar-refractivity contribution in [1.82, 2.24) is 0 Å². The van der Waals surface area contributed by atoms with Gasteiger partial charge in [0.1, 0.15) is 9.79 Å². The van der Waals surface area contributed by atoms with E-state index in [1.165, 1.54) is 24.3 Å². The molecule has 10 heteroatoms. The largest absolute Gasteiger partial charge is 0.378 e. The van der Waals surface area contributed by atoms with E-state index in [1.807, 2.05) is 0 Å². The molecule has 0 aliphatic carbocycles. The lowest BCUT2D eigenvalue weighted by Gasteiger charge is -2.15. The average molecular weight is 557 g/mol. The summed E-state index contributed by atoms with van der Waals surface area (Å²) >= 11 is 6.31. The van der Waals surface area contributed by atoms with E-state index in [-0.39, 0.29) is 25.9 Å². The fourth-order valence-electron chi connectivity index (χ4n) is 3.33. The van der Waals surface area contributed by atoms with Crippen LogP contribution in [0.3, 0.4) is 0 Å². The molecule has 0 unspecified atom stereocenters. The van der Waals surface area contributed by atoms with Crippen molar-refractivity contribution in [2.75, 3.05) is 0 Å². The zero-order valence-electron chi connectivity index (χ0n) is 19.7. The molecule has 4 aromatic rings. The summed E-state index contributed by atoms with van der Waals surface area (Å²) in [6.07, 6.45) is 0. The van der Waals surface area contributed by atoms with Gasteiger partial charge in [-0.05, 0) is 44.2 Å². The predicted molar refractivity (Wildman–Crippen MR) is 139 cm³/mol. The first-order chi connectivity index (χ1) is 17.5. The predicted octanol–water partition coefficient (Wildman–Crippen LogP) is 5.72. The molecule has 0 spiro atoms. The minimum absolute atomic E-state index is 0.131. The summed E-state index contributed by atoms with van der Waals surface area (Å²) in [5.41, 5.74) is 1.74. The van der Waals surface area contributed by atoms with Crippen molar-refractivity contribution in [3.05, 3.63) is 118 Å². The summed E-state index contributed by atoms with van der Waals surface area (Å²) in [6.45, 7) is 3.60. The van der Waals surface area contributed by atoms with Gasteiger partial charge in [-0.25, -0.2) is 0 Å². The summed E-state index contributed by atoms with van der Waals surface area (Å²) in [4.78, 5) is 13.0. The van der Waals surface area contributed by atoms with Crippen LogP contribution in [0.4, 0.5) is 0 Å². The third kappa shape index (κ3) is 6.02. The quantitative estimate of drug-likeness (QED) is 0.202. The maximum Gasteiger partial charge on any atom is 0.339 e. The zero-order valence-corrected chi connectivity index (χ0v) is 22.1. The van der Waals surface area contributed by atoms with Crippen LogP contribution in [0.15, 0.2) is 101 Å². The first-order valence-corrected chi connectivity index (χ1v) is 14.1. The highest BCUT2D eigenvalue weighted by atomic mass is 35.5. The molecular weight excluding hydrogens is 536 g/mol. The molecule has 4 rings (SSSR count). The van der Waals surface area contributed by atoms with Crippen LogP contribution >= 0.6 is 11.6 Å². The third-order valence-electron chi connectivity index (χ3n) is 5.33. The number of benzene rings is 4. The Morgan fingerprint density at radius 2 is 1.11 bits per heavy atom. The van der Waals surface area contributed by atoms with Gasteiger partial charge in [0.05, 0.1) is 10.6 Å². The number of halogens is 1. The zero-order chi connectivity index (χ0) is 26.8. The van der Waals surface area contributed by atoms with Gasteiger partial charge in [-0.2, -0.15) is 16.8 Å². The standard InChI is InChI=1S/C27H21ClO7S2/c1-18-8-12-21(13-9-18)36(30,31)34-25-17-26(35-37(32,33)22-14-10-19(2)11-15-22)24(28)16-23(25)27(29)20-6-4-3-5-7-20/h3-17H,1-2H3. The highest BCUT2D eigenvalue weighted by Gasteiger charge is 2.26. The molecule has 37 heavy (non-hydrogen) atoms. The van der Waals surface area contributed by atoms with E-state index in [0.717, 1.165) is 23.3 Å². The van der Waals surface area contributed by atoms with E-state index in [9.17, 15) is 21.6 Å². The maximum absolute atomic E-state index is 13.2. The second-order valence-corrected chi connectivity index (χ2v) is 11.7. The van der Waals surface area contributed by atoms with Crippen molar-refractivity contribution in [2.45, 2.75) is 23.6 Å².